The van der Waals surface area contributed by atoms with Gasteiger partial charge in [0.25, 0.3) is 0 Å². The van der Waals surface area contributed by atoms with Crippen molar-refractivity contribution in [3.05, 3.63) is 29.8 Å². The van der Waals surface area contributed by atoms with E-state index in [9.17, 15) is 8.42 Å². The maximum Gasteiger partial charge on any atom is 0.191 e. The molecule has 2 rings (SSSR count). The number of benzene rings is 1. The average molecular weight is 425 g/mol. The van der Waals surface area contributed by atoms with Crippen molar-refractivity contribution in [2.75, 3.05) is 32.6 Å². The number of aliphatic imine (C=N–C) groups is 1. The molecule has 6 nitrogen and oxygen atoms in total. The summed E-state index contributed by atoms with van der Waals surface area (Å²) in [5.74, 6) is 0.500. The van der Waals surface area contributed by atoms with Crippen molar-refractivity contribution in [2.24, 2.45) is 10.7 Å². The summed E-state index contributed by atoms with van der Waals surface area (Å²) in [5, 5.41) is 0. The van der Waals surface area contributed by atoms with Gasteiger partial charge in [0.2, 0.25) is 0 Å². The van der Waals surface area contributed by atoms with Crippen LogP contribution in [0.4, 0.5) is 0 Å². The van der Waals surface area contributed by atoms with Gasteiger partial charge in [-0.15, -0.1) is 24.0 Å². The van der Waals surface area contributed by atoms with Gasteiger partial charge in [-0.05, 0) is 17.7 Å². The van der Waals surface area contributed by atoms with Crippen molar-refractivity contribution < 1.29 is 13.2 Å². The summed E-state index contributed by atoms with van der Waals surface area (Å²) in [7, 11) is -3.15. The Morgan fingerprint density at radius 2 is 1.86 bits per heavy atom. The maximum absolute atomic E-state index is 11.4. The Morgan fingerprint density at radius 3 is 2.38 bits per heavy atom. The Morgan fingerprint density at radius 1 is 1.29 bits per heavy atom. The summed E-state index contributed by atoms with van der Waals surface area (Å²) in [6, 6.07) is 6.69. The van der Waals surface area contributed by atoms with Crippen LogP contribution in [0, 0.1) is 0 Å². The van der Waals surface area contributed by atoms with Gasteiger partial charge in [0, 0.05) is 19.3 Å². The second kappa shape index (κ2) is 7.95. The lowest BCUT2D eigenvalue weighted by atomic mass is 10.2. The van der Waals surface area contributed by atoms with Gasteiger partial charge >= 0.3 is 0 Å². The lowest BCUT2D eigenvalue weighted by Gasteiger charge is -2.27. The first-order chi connectivity index (χ1) is 9.47. The van der Waals surface area contributed by atoms with E-state index in [0.29, 0.717) is 30.6 Å². The number of rotatable bonds is 3. The molecule has 0 bridgehead atoms. The molecule has 118 valence electrons. The van der Waals surface area contributed by atoms with E-state index in [1.807, 2.05) is 4.90 Å². The second-order valence-corrected chi connectivity index (χ2v) is 6.71. The number of hydrogen-bond acceptors (Lipinski definition) is 4. The topological polar surface area (TPSA) is 85.0 Å². The molecule has 0 radical (unpaired) electrons. The Balaban J connectivity index is 0.00000220. The van der Waals surface area contributed by atoms with Crippen LogP contribution in [0.5, 0.6) is 0 Å². The first kappa shape index (κ1) is 18.2. The number of halogens is 1. The van der Waals surface area contributed by atoms with Crippen molar-refractivity contribution in [3.8, 4) is 0 Å². The van der Waals surface area contributed by atoms with E-state index >= 15 is 0 Å². The summed E-state index contributed by atoms with van der Waals surface area (Å²) in [6.45, 7) is 3.27. The number of guanidine groups is 1. The van der Waals surface area contributed by atoms with Gasteiger partial charge in [0.1, 0.15) is 0 Å². The molecule has 0 spiro atoms. The number of nitrogens with zero attached hydrogens (tertiary/aromatic N) is 2. The van der Waals surface area contributed by atoms with Crippen molar-refractivity contribution in [2.45, 2.75) is 11.4 Å². The average Bonchev–Trinajstić information content (AvgIpc) is 2.45. The van der Waals surface area contributed by atoms with E-state index < -0.39 is 9.84 Å². The molecule has 2 N–H and O–H groups in total. The van der Waals surface area contributed by atoms with Crippen LogP contribution in [-0.4, -0.2) is 51.8 Å². The van der Waals surface area contributed by atoms with Crippen molar-refractivity contribution in [3.63, 3.8) is 0 Å². The van der Waals surface area contributed by atoms with Crippen LogP contribution in [-0.2, 0) is 21.1 Å². The van der Waals surface area contributed by atoms with Crippen molar-refractivity contribution in [1.29, 1.82) is 0 Å². The Kier molecular flexibility index (Phi) is 6.88. The molecule has 1 aliphatic rings. The van der Waals surface area contributed by atoms with E-state index in [-0.39, 0.29) is 24.0 Å². The zero-order valence-corrected chi connectivity index (χ0v) is 15.0. The summed E-state index contributed by atoms with van der Waals surface area (Å²) in [4.78, 5) is 6.62. The summed E-state index contributed by atoms with van der Waals surface area (Å²) < 4.78 is 28.0. The highest BCUT2D eigenvalue weighted by Crippen LogP contribution is 2.11. The monoisotopic (exact) mass is 425 g/mol. The SMILES string of the molecule is CS(=O)(=O)c1ccc(CN=C(N)N2CCOCC2)cc1.I. The predicted molar refractivity (Wildman–Crippen MR) is 92.7 cm³/mol. The second-order valence-electron chi connectivity index (χ2n) is 4.69. The van der Waals surface area contributed by atoms with Gasteiger partial charge in [-0.1, -0.05) is 12.1 Å². The molecule has 0 amide bonds. The standard InChI is InChI=1S/C13H19N3O3S.HI/c1-20(17,18)12-4-2-11(3-5-12)10-15-13(14)16-6-8-19-9-7-16;/h2-5H,6-10H2,1H3,(H2,14,15);1H. The zero-order chi connectivity index (χ0) is 14.6. The lowest BCUT2D eigenvalue weighted by Crippen LogP contribution is -2.44. The number of nitrogens with two attached hydrogens (primary N) is 1. The largest absolute Gasteiger partial charge is 0.378 e. The third-order valence-corrected chi connectivity index (χ3v) is 4.24. The van der Waals surface area contributed by atoms with E-state index in [0.717, 1.165) is 18.7 Å². The van der Waals surface area contributed by atoms with Crippen LogP contribution < -0.4 is 5.73 Å². The zero-order valence-electron chi connectivity index (χ0n) is 11.9. The van der Waals surface area contributed by atoms with Gasteiger partial charge in [-0.2, -0.15) is 0 Å². The molecule has 1 aliphatic heterocycles. The van der Waals surface area contributed by atoms with Crippen LogP contribution >= 0.6 is 24.0 Å². The molecule has 1 fully saturated rings. The van der Waals surface area contributed by atoms with Crippen LogP contribution in [0.15, 0.2) is 34.2 Å². The van der Waals surface area contributed by atoms with Gasteiger partial charge in [0.15, 0.2) is 15.8 Å². The molecule has 8 heteroatoms. The molecule has 0 aliphatic carbocycles. The fourth-order valence-corrected chi connectivity index (χ4v) is 2.54. The normalized spacial score (nSPS) is 16.4. The van der Waals surface area contributed by atoms with Gasteiger partial charge in [-0.3, -0.25) is 0 Å². The van der Waals surface area contributed by atoms with Gasteiger partial charge in [0.05, 0.1) is 24.7 Å². The predicted octanol–water partition coefficient (Wildman–Crippen LogP) is 0.855. The van der Waals surface area contributed by atoms with Crippen LogP contribution in [0.1, 0.15) is 5.56 Å². The molecule has 21 heavy (non-hydrogen) atoms. The highest BCUT2D eigenvalue weighted by Gasteiger charge is 2.12. The minimum Gasteiger partial charge on any atom is -0.378 e. The minimum absolute atomic E-state index is 0. The first-order valence-electron chi connectivity index (χ1n) is 6.38. The van der Waals surface area contributed by atoms with E-state index in [1.54, 1.807) is 24.3 Å². The Labute approximate surface area is 142 Å². The molecular formula is C13H20IN3O3S. The highest BCUT2D eigenvalue weighted by atomic mass is 127. The fraction of sp³-hybridized carbons (Fsp3) is 0.462. The smallest absolute Gasteiger partial charge is 0.191 e. The van der Waals surface area contributed by atoms with Gasteiger partial charge < -0.3 is 15.4 Å². The van der Waals surface area contributed by atoms with E-state index in [4.69, 9.17) is 10.5 Å². The van der Waals surface area contributed by atoms with Crippen LogP contribution in [0.25, 0.3) is 0 Å². The third-order valence-electron chi connectivity index (χ3n) is 3.11. The summed E-state index contributed by atoms with van der Waals surface area (Å²) in [5.41, 5.74) is 6.84. The molecule has 0 atom stereocenters. The summed E-state index contributed by atoms with van der Waals surface area (Å²) >= 11 is 0. The van der Waals surface area contributed by atoms with E-state index in [2.05, 4.69) is 4.99 Å². The quantitative estimate of drug-likeness (QED) is 0.441. The van der Waals surface area contributed by atoms with Crippen LogP contribution in [0.2, 0.25) is 0 Å². The Bertz CT molecular complexity index is 581. The first-order valence-corrected chi connectivity index (χ1v) is 8.27. The molecular weight excluding hydrogens is 405 g/mol. The summed E-state index contributed by atoms with van der Waals surface area (Å²) in [6.07, 6.45) is 1.19. The van der Waals surface area contributed by atoms with Crippen LogP contribution in [0.3, 0.4) is 0 Å². The highest BCUT2D eigenvalue weighted by molar-refractivity contribution is 14.0. The third kappa shape index (κ3) is 5.44. The van der Waals surface area contributed by atoms with Crippen molar-refractivity contribution in [1.82, 2.24) is 4.90 Å². The van der Waals surface area contributed by atoms with Gasteiger partial charge in [-0.25, -0.2) is 13.4 Å². The Hall–Kier alpha value is -0.870. The fourth-order valence-electron chi connectivity index (χ4n) is 1.91. The number of ether oxygens (including phenoxy) is 1. The maximum atomic E-state index is 11.4. The molecule has 0 aromatic heterocycles. The number of hydrogen-bond donors (Lipinski definition) is 1. The molecule has 1 saturated heterocycles. The molecule has 0 unspecified atom stereocenters. The van der Waals surface area contributed by atoms with E-state index in [1.165, 1.54) is 6.26 Å². The molecule has 0 saturated carbocycles. The number of sulfone groups is 1. The minimum atomic E-state index is -3.15. The molecule has 1 aromatic carbocycles. The lowest BCUT2D eigenvalue weighted by molar-refractivity contribution is 0.0674. The molecule has 1 aromatic rings. The molecule has 1 heterocycles. The van der Waals surface area contributed by atoms with Crippen molar-refractivity contribution >= 4 is 39.8 Å². The number of morpholine rings is 1.